The standard InChI is InChI=1S/C32H55N7O/c1-5-9-15-35-20-22-38(28-35)31(7-3)13-12-30(25-37-19-18-34(27-37)17-11-14-33-26-40)24-32(8-4)39-23-21-36(29-39)16-10-6-2/h18-23,26-32H,5-17,24-25H2,1-4H3/q+2/p+1. The number of unbranched alkanes of at least 4 members (excludes halogenated alkanes) is 2. The molecule has 8 heteroatoms. The van der Waals surface area contributed by atoms with E-state index in [-0.39, 0.29) is 0 Å². The van der Waals surface area contributed by atoms with Crippen LogP contribution in [0.5, 0.6) is 0 Å². The molecule has 0 saturated carbocycles. The van der Waals surface area contributed by atoms with Crippen molar-refractivity contribution in [3.63, 3.8) is 0 Å². The second kappa shape index (κ2) is 17.7. The summed E-state index contributed by atoms with van der Waals surface area (Å²) in [4.78, 5) is 10.5. The van der Waals surface area contributed by atoms with E-state index in [0.717, 1.165) is 51.9 Å². The fourth-order valence-corrected chi connectivity index (χ4v) is 5.76. The molecule has 3 atom stereocenters. The summed E-state index contributed by atoms with van der Waals surface area (Å²) >= 11 is 0. The van der Waals surface area contributed by atoms with Gasteiger partial charge in [0.1, 0.15) is 49.3 Å². The normalized spacial score (nSPS) is 13.8. The summed E-state index contributed by atoms with van der Waals surface area (Å²) in [5, 5.41) is 2.76. The van der Waals surface area contributed by atoms with Gasteiger partial charge in [0.25, 0.3) is 0 Å². The van der Waals surface area contributed by atoms with Crippen LogP contribution in [-0.4, -0.2) is 26.7 Å². The number of carbonyl (C=O) groups excluding carboxylic acids is 1. The van der Waals surface area contributed by atoms with Gasteiger partial charge in [-0.2, -0.15) is 0 Å². The molecule has 3 rings (SSSR count). The highest BCUT2D eigenvalue weighted by atomic mass is 16.1. The van der Waals surface area contributed by atoms with Gasteiger partial charge in [-0.3, -0.25) is 4.79 Å². The third kappa shape index (κ3) is 10.3. The lowest BCUT2D eigenvalue weighted by Gasteiger charge is -2.21. The predicted octanol–water partition coefficient (Wildman–Crippen LogP) is 4.78. The summed E-state index contributed by atoms with van der Waals surface area (Å²) in [6.45, 7) is 14.0. The fourth-order valence-electron chi connectivity index (χ4n) is 5.76. The van der Waals surface area contributed by atoms with E-state index in [4.69, 9.17) is 0 Å². The van der Waals surface area contributed by atoms with E-state index in [1.165, 1.54) is 44.9 Å². The Hall–Kier alpha value is -2.90. The van der Waals surface area contributed by atoms with Crippen LogP contribution in [0.3, 0.4) is 0 Å². The Morgan fingerprint density at radius 1 is 0.750 bits per heavy atom. The van der Waals surface area contributed by atoms with Gasteiger partial charge in [-0.1, -0.05) is 40.5 Å². The summed E-state index contributed by atoms with van der Waals surface area (Å²) in [6.07, 6.45) is 32.8. The topological polar surface area (TPSA) is 55.5 Å². The van der Waals surface area contributed by atoms with Crippen LogP contribution in [0.15, 0.2) is 56.2 Å². The molecule has 0 saturated heterocycles. The Kier molecular flexibility index (Phi) is 14.0. The number of aryl methyl sites for hydroxylation is 3. The molecule has 1 amide bonds. The van der Waals surface area contributed by atoms with Crippen LogP contribution in [0.25, 0.3) is 0 Å². The second-order valence-corrected chi connectivity index (χ2v) is 11.5. The number of amides is 1. The summed E-state index contributed by atoms with van der Waals surface area (Å²) in [7, 11) is 0. The third-order valence-electron chi connectivity index (χ3n) is 8.30. The predicted molar refractivity (Wildman–Crippen MR) is 158 cm³/mol. The van der Waals surface area contributed by atoms with Gasteiger partial charge in [0, 0.05) is 18.9 Å². The highest BCUT2D eigenvalue weighted by molar-refractivity contribution is 5.45. The zero-order chi connectivity index (χ0) is 28.6. The van der Waals surface area contributed by atoms with Gasteiger partial charge < -0.3 is 5.32 Å². The summed E-state index contributed by atoms with van der Waals surface area (Å²) < 4.78 is 14.2. The number of nitrogens with zero attached hydrogens (tertiary/aromatic N) is 6. The quantitative estimate of drug-likeness (QED) is 0.109. The summed E-state index contributed by atoms with van der Waals surface area (Å²) in [6, 6.07) is 1.04. The summed E-state index contributed by atoms with van der Waals surface area (Å²) in [5.41, 5.74) is 0. The molecule has 3 aromatic heterocycles. The Bertz CT molecular complexity index is 1080. The van der Waals surface area contributed by atoms with Gasteiger partial charge >= 0.3 is 0 Å². The molecule has 222 valence electrons. The lowest BCUT2D eigenvalue weighted by Crippen LogP contribution is -2.37. The highest BCUT2D eigenvalue weighted by Gasteiger charge is 2.25. The average molecular weight is 555 g/mol. The SMILES string of the molecule is CCCC[n+]1ccn(C(CC)CCC(CC(CC)n2cc[n+](CCCC)c2)C[n+]2ccn(CCCNC=O)c2)c1. The zero-order valence-corrected chi connectivity index (χ0v) is 25.7. The number of carbonyl (C=O) groups is 1. The van der Waals surface area contributed by atoms with E-state index in [2.05, 4.69) is 117 Å². The van der Waals surface area contributed by atoms with Crippen molar-refractivity contribution in [3.8, 4) is 0 Å². The van der Waals surface area contributed by atoms with Gasteiger partial charge in [0.15, 0.2) is 0 Å². The molecule has 0 aliphatic rings. The van der Waals surface area contributed by atoms with E-state index >= 15 is 0 Å². The van der Waals surface area contributed by atoms with Crippen molar-refractivity contribution < 1.29 is 18.5 Å². The molecule has 0 radical (unpaired) electrons. The molecule has 0 aromatic carbocycles. The Morgan fingerprint density at radius 3 is 1.98 bits per heavy atom. The molecule has 8 nitrogen and oxygen atoms in total. The Morgan fingerprint density at radius 2 is 1.38 bits per heavy atom. The first-order valence-corrected chi connectivity index (χ1v) is 15.9. The smallest absolute Gasteiger partial charge is 0.243 e. The summed E-state index contributed by atoms with van der Waals surface area (Å²) in [5.74, 6) is 0.589. The zero-order valence-electron chi connectivity index (χ0n) is 25.7. The number of hydrogen-bond donors (Lipinski definition) is 1. The van der Waals surface area contributed by atoms with Crippen molar-refractivity contribution >= 4 is 6.41 Å². The molecule has 3 unspecified atom stereocenters. The molecule has 3 aromatic rings. The minimum atomic E-state index is 0.507. The van der Waals surface area contributed by atoms with Gasteiger partial charge in [-0.15, -0.1) is 0 Å². The molecule has 0 spiro atoms. The first-order chi connectivity index (χ1) is 19.6. The average Bonchev–Trinajstić information content (AvgIpc) is 3.74. The van der Waals surface area contributed by atoms with Crippen molar-refractivity contribution in [2.45, 2.75) is 130 Å². The van der Waals surface area contributed by atoms with Crippen LogP contribution in [-0.2, 0) is 31.0 Å². The minimum Gasteiger partial charge on any atom is -0.359 e. The molecule has 0 bridgehead atoms. The first-order valence-electron chi connectivity index (χ1n) is 15.9. The number of imidazole rings is 3. The minimum absolute atomic E-state index is 0.507. The van der Waals surface area contributed by atoms with Gasteiger partial charge in [0.2, 0.25) is 25.4 Å². The molecule has 3 heterocycles. The third-order valence-corrected chi connectivity index (χ3v) is 8.30. The van der Waals surface area contributed by atoms with Crippen LogP contribution in [0.2, 0.25) is 0 Å². The van der Waals surface area contributed by atoms with E-state index in [9.17, 15) is 4.79 Å². The monoisotopic (exact) mass is 554 g/mol. The molecule has 0 fully saturated rings. The van der Waals surface area contributed by atoms with E-state index < -0.39 is 0 Å². The second-order valence-electron chi connectivity index (χ2n) is 11.5. The van der Waals surface area contributed by atoms with E-state index in [0.29, 0.717) is 24.5 Å². The number of aromatic nitrogens is 6. The largest absolute Gasteiger partial charge is 0.359 e. The number of nitrogens with one attached hydrogen (secondary N) is 1. The molecule has 40 heavy (non-hydrogen) atoms. The van der Waals surface area contributed by atoms with Gasteiger partial charge in [0.05, 0.1) is 26.2 Å². The van der Waals surface area contributed by atoms with Crippen LogP contribution >= 0.6 is 0 Å². The van der Waals surface area contributed by atoms with Crippen LogP contribution < -0.4 is 19.0 Å². The Balaban J connectivity index is 1.69. The van der Waals surface area contributed by atoms with Gasteiger partial charge in [-0.05, 0) is 44.9 Å². The molecular weight excluding hydrogens is 498 g/mol. The van der Waals surface area contributed by atoms with Gasteiger partial charge in [-0.25, -0.2) is 27.4 Å². The van der Waals surface area contributed by atoms with Crippen molar-refractivity contribution in [1.82, 2.24) is 19.0 Å². The lowest BCUT2D eigenvalue weighted by molar-refractivity contribution is -0.703. The highest BCUT2D eigenvalue weighted by Crippen LogP contribution is 2.28. The first kappa shape index (κ1) is 31.6. The maximum atomic E-state index is 10.5. The van der Waals surface area contributed by atoms with E-state index in [1.54, 1.807) is 0 Å². The van der Waals surface area contributed by atoms with E-state index in [1.807, 2.05) is 0 Å². The maximum absolute atomic E-state index is 10.5. The van der Waals surface area contributed by atoms with Crippen LogP contribution in [0, 0.1) is 5.92 Å². The van der Waals surface area contributed by atoms with Crippen molar-refractivity contribution in [1.29, 1.82) is 0 Å². The molecule has 0 aliphatic carbocycles. The van der Waals surface area contributed by atoms with Crippen molar-refractivity contribution in [3.05, 3.63) is 56.2 Å². The fraction of sp³-hybridized carbons (Fsp3) is 0.688. The maximum Gasteiger partial charge on any atom is 0.243 e. The molecular formula is C32H56N7O+3. The number of rotatable bonds is 22. The lowest BCUT2D eigenvalue weighted by atomic mass is 9.91. The number of hydrogen-bond acceptors (Lipinski definition) is 1. The van der Waals surface area contributed by atoms with Crippen LogP contribution in [0.1, 0.15) is 104 Å². The van der Waals surface area contributed by atoms with Crippen molar-refractivity contribution in [2.24, 2.45) is 5.92 Å². The molecule has 1 N–H and O–H groups in total. The molecule has 0 aliphatic heterocycles. The van der Waals surface area contributed by atoms with Crippen LogP contribution in [0.4, 0.5) is 0 Å². The Labute approximate surface area is 242 Å². The van der Waals surface area contributed by atoms with Crippen molar-refractivity contribution in [2.75, 3.05) is 6.54 Å².